The highest BCUT2D eigenvalue weighted by atomic mass is 32.2. The molecule has 0 aliphatic carbocycles. The van der Waals surface area contributed by atoms with Crippen molar-refractivity contribution in [1.82, 2.24) is 9.62 Å². The molecule has 0 saturated carbocycles. The van der Waals surface area contributed by atoms with Crippen LogP contribution in [0.5, 0.6) is 5.75 Å². The van der Waals surface area contributed by atoms with Crippen LogP contribution in [0.25, 0.3) is 0 Å². The quantitative estimate of drug-likeness (QED) is 0.916. The van der Waals surface area contributed by atoms with Gasteiger partial charge in [-0.25, -0.2) is 8.42 Å². The molecule has 0 bridgehead atoms. The summed E-state index contributed by atoms with van der Waals surface area (Å²) in [6.07, 6.45) is 3.56. The van der Waals surface area contributed by atoms with Crippen molar-refractivity contribution in [2.24, 2.45) is 0 Å². The van der Waals surface area contributed by atoms with Gasteiger partial charge < -0.3 is 10.1 Å². The monoisotopic (exact) mass is 310 g/mol. The summed E-state index contributed by atoms with van der Waals surface area (Å²) in [5, 5.41) is 3.26. The van der Waals surface area contributed by atoms with Crippen molar-refractivity contribution in [2.75, 3.05) is 26.7 Å². The van der Waals surface area contributed by atoms with Gasteiger partial charge in [0.25, 0.3) is 0 Å². The van der Waals surface area contributed by atoms with Crippen LogP contribution in [0.4, 0.5) is 0 Å². The Bertz CT molecular complexity index is 609. The van der Waals surface area contributed by atoms with Gasteiger partial charge in [-0.3, -0.25) is 0 Å². The number of nitrogens with zero attached hydrogens (tertiary/aromatic N) is 1. The van der Waals surface area contributed by atoms with Crippen LogP contribution in [0.15, 0.2) is 23.1 Å². The first kappa shape index (κ1) is 14.8. The van der Waals surface area contributed by atoms with E-state index in [9.17, 15) is 8.42 Å². The topological polar surface area (TPSA) is 58.6 Å². The maximum atomic E-state index is 12.8. The highest BCUT2D eigenvalue weighted by Crippen LogP contribution is 2.29. The van der Waals surface area contributed by atoms with E-state index in [1.165, 1.54) is 0 Å². The smallest absolute Gasteiger partial charge is 0.243 e. The van der Waals surface area contributed by atoms with Crippen molar-refractivity contribution >= 4 is 10.0 Å². The van der Waals surface area contributed by atoms with Crippen LogP contribution in [0.3, 0.4) is 0 Å². The van der Waals surface area contributed by atoms with Crippen molar-refractivity contribution in [3.63, 3.8) is 0 Å². The van der Waals surface area contributed by atoms with Crippen LogP contribution in [-0.4, -0.2) is 45.5 Å². The van der Waals surface area contributed by atoms with Gasteiger partial charge in [-0.2, -0.15) is 4.31 Å². The van der Waals surface area contributed by atoms with Gasteiger partial charge in [-0.15, -0.1) is 0 Å². The molecule has 1 N–H and O–H groups in total. The molecule has 3 rings (SSSR count). The van der Waals surface area contributed by atoms with Crippen LogP contribution in [-0.2, 0) is 16.4 Å². The zero-order valence-electron chi connectivity index (χ0n) is 12.3. The lowest BCUT2D eigenvalue weighted by Gasteiger charge is -2.31. The highest BCUT2D eigenvalue weighted by Gasteiger charge is 2.29. The molecule has 1 fully saturated rings. The maximum Gasteiger partial charge on any atom is 0.243 e. The van der Waals surface area contributed by atoms with Crippen molar-refractivity contribution in [1.29, 1.82) is 0 Å². The van der Waals surface area contributed by atoms with Gasteiger partial charge in [0, 0.05) is 13.1 Å². The molecule has 0 aromatic heterocycles. The van der Waals surface area contributed by atoms with E-state index in [1.807, 2.05) is 0 Å². The standard InChI is InChI=1S/C15H22N2O3S/c1-17(13-6-8-16-9-7-13)21(18,19)14-4-5-15-12(11-14)3-2-10-20-15/h4-5,11,13,16H,2-3,6-10H2,1H3. The van der Waals surface area contributed by atoms with E-state index < -0.39 is 10.0 Å². The summed E-state index contributed by atoms with van der Waals surface area (Å²) in [4.78, 5) is 0.382. The van der Waals surface area contributed by atoms with E-state index in [-0.39, 0.29) is 6.04 Å². The molecule has 116 valence electrons. The molecule has 2 aliphatic heterocycles. The zero-order valence-corrected chi connectivity index (χ0v) is 13.2. The third kappa shape index (κ3) is 2.93. The molecular weight excluding hydrogens is 288 g/mol. The molecule has 5 nitrogen and oxygen atoms in total. The summed E-state index contributed by atoms with van der Waals surface area (Å²) in [7, 11) is -1.73. The molecule has 0 spiro atoms. The first-order valence-electron chi connectivity index (χ1n) is 7.53. The number of ether oxygens (including phenoxy) is 1. The minimum absolute atomic E-state index is 0.0866. The Morgan fingerprint density at radius 1 is 1.29 bits per heavy atom. The predicted molar refractivity (Wildman–Crippen MR) is 81.1 cm³/mol. The second-order valence-electron chi connectivity index (χ2n) is 5.72. The zero-order chi connectivity index (χ0) is 14.9. The average molecular weight is 310 g/mol. The number of sulfonamides is 1. The molecule has 1 aromatic rings. The second-order valence-corrected chi connectivity index (χ2v) is 7.72. The third-order valence-corrected chi connectivity index (χ3v) is 6.29. The normalized spacial score (nSPS) is 20.1. The number of fused-ring (bicyclic) bond motifs is 1. The number of benzene rings is 1. The predicted octanol–water partition coefficient (Wildman–Crippen LogP) is 1.38. The third-order valence-electron chi connectivity index (χ3n) is 4.38. The Labute approximate surface area is 126 Å². The Kier molecular flexibility index (Phi) is 4.19. The lowest BCUT2D eigenvalue weighted by molar-refractivity contribution is 0.287. The first-order chi connectivity index (χ1) is 10.1. The Hall–Kier alpha value is -1.11. The largest absolute Gasteiger partial charge is 0.493 e. The molecule has 0 atom stereocenters. The van der Waals surface area contributed by atoms with E-state index in [0.29, 0.717) is 11.5 Å². The summed E-state index contributed by atoms with van der Waals surface area (Å²) in [5.74, 6) is 0.824. The number of hydrogen-bond donors (Lipinski definition) is 1. The first-order valence-corrected chi connectivity index (χ1v) is 8.97. The molecule has 1 aromatic carbocycles. The molecule has 6 heteroatoms. The SMILES string of the molecule is CN(C1CCNCC1)S(=O)(=O)c1ccc2c(c1)CCCO2. The van der Waals surface area contributed by atoms with Gasteiger partial charge >= 0.3 is 0 Å². The molecule has 2 heterocycles. The molecule has 21 heavy (non-hydrogen) atoms. The van der Waals surface area contributed by atoms with Gasteiger partial charge in [-0.1, -0.05) is 0 Å². The fraction of sp³-hybridized carbons (Fsp3) is 0.600. The van der Waals surface area contributed by atoms with Gasteiger partial charge in [0.1, 0.15) is 5.75 Å². The van der Waals surface area contributed by atoms with Crippen LogP contribution in [0, 0.1) is 0 Å². The van der Waals surface area contributed by atoms with E-state index in [4.69, 9.17) is 4.74 Å². The molecule has 0 radical (unpaired) electrons. The van der Waals surface area contributed by atoms with E-state index in [1.54, 1.807) is 29.6 Å². The number of hydrogen-bond acceptors (Lipinski definition) is 4. The van der Waals surface area contributed by atoms with Crippen LogP contribution in [0.2, 0.25) is 0 Å². The van der Waals surface area contributed by atoms with Crippen molar-refractivity contribution in [3.05, 3.63) is 23.8 Å². The lowest BCUT2D eigenvalue weighted by atomic mass is 10.1. The summed E-state index contributed by atoms with van der Waals surface area (Å²) in [5.41, 5.74) is 1.00. The lowest BCUT2D eigenvalue weighted by Crippen LogP contribution is -2.43. The van der Waals surface area contributed by atoms with Crippen LogP contribution < -0.4 is 10.1 Å². The second kappa shape index (κ2) is 5.94. The Morgan fingerprint density at radius 3 is 2.81 bits per heavy atom. The Morgan fingerprint density at radius 2 is 2.05 bits per heavy atom. The van der Waals surface area contributed by atoms with Gasteiger partial charge in [0.15, 0.2) is 0 Å². The summed E-state index contributed by atoms with van der Waals surface area (Å²) in [6.45, 7) is 2.47. The molecule has 0 amide bonds. The molecule has 1 saturated heterocycles. The number of rotatable bonds is 3. The van der Waals surface area contributed by atoms with Crippen LogP contribution in [0.1, 0.15) is 24.8 Å². The number of nitrogens with one attached hydrogen (secondary N) is 1. The Balaban J connectivity index is 1.86. The average Bonchev–Trinajstić information content (AvgIpc) is 2.54. The van der Waals surface area contributed by atoms with E-state index in [2.05, 4.69) is 5.32 Å². The summed E-state index contributed by atoms with van der Waals surface area (Å²) in [6, 6.07) is 5.32. The van der Waals surface area contributed by atoms with Gasteiger partial charge in [0.2, 0.25) is 10.0 Å². The molecule has 0 unspecified atom stereocenters. The maximum absolute atomic E-state index is 12.8. The van der Waals surface area contributed by atoms with Gasteiger partial charge in [0.05, 0.1) is 11.5 Å². The van der Waals surface area contributed by atoms with Crippen molar-refractivity contribution in [3.8, 4) is 5.75 Å². The fourth-order valence-corrected chi connectivity index (χ4v) is 4.50. The molecular formula is C15H22N2O3S. The van der Waals surface area contributed by atoms with E-state index >= 15 is 0 Å². The summed E-state index contributed by atoms with van der Waals surface area (Å²) >= 11 is 0. The minimum atomic E-state index is -3.42. The van der Waals surface area contributed by atoms with Crippen molar-refractivity contribution in [2.45, 2.75) is 36.6 Å². The number of piperidine rings is 1. The summed E-state index contributed by atoms with van der Waals surface area (Å²) < 4.78 is 32.7. The van der Waals surface area contributed by atoms with E-state index in [0.717, 1.165) is 50.1 Å². The molecule has 2 aliphatic rings. The van der Waals surface area contributed by atoms with Crippen LogP contribution >= 0.6 is 0 Å². The number of aryl methyl sites for hydroxylation is 1. The van der Waals surface area contributed by atoms with Gasteiger partial charge in [-0.05, 0) is 62.5 Å². The van der Waals surface area contributed by atoms with Crippen molar-refractivity contribution < 1.29 is 13.2 Å². The fourth-order valence-electron chi connectivity index (χ4n) is 3.03. The minimum Gasteiger partial charge on any atom is -0.493 e. The highest BCUT2D eigenvalue weighted by molar-refractivity contribution is 7.89.